The monoisotopic (exact) mass is 242 g/mol. The van der Waals surface area contributed by atoms with Gasteiger partial charge in [0.15, 0.2) is 0 Å². The normalized spacial score (nSPS) is 38.2. The van der Waals surface area contributed by atoms with Crippen LogP contribution in [0.2, 0.25) is 0 Å². The van der Waals surface area contributed by atoms with Gasteiger partial charge in [-0.2, -0.15) is 11.8 Å². The molecule has 1 aliphatic carbocycles. The van der Waals surface area contributed by atoms with E-state index >= 15 is 0 Å². The molecule has 2 nitrogen and oxygen atoms in total. The molecule has 2 unspecified atom stereocenters. The lowest BCUT2D eigenvalue weighted by Gasteiger charge is -2.50. The maximum absolute atomic E-state index is 6.16. The number of hydrogen-bond acceptors (Lipinski definition) is 3. The van der Waals surface area contributed by atoms with E-state index in [1.165, 1.54) is 56.7 Å². The summed E-state index contributed by atoms with van der Waals surface area (Å²) in [6.07, 6.45) is 6.84. The molecule has 0 aromatic carbocycles. The molecule has 16 heavy (non-hydrogen) atoms. The summed E-state index contributed by atoms with van der Waals surface area (Å²) in [6.45, 7) is 5.81. The van der Waals surface area contributed by atoms with Crippen LogP contribution in [0.3, 0.4) is 0 Å². The minimum absolute atomic E-state index is 0.336. The Labute approximate surface area is 104 Å². The predicted molar refractivity (Wildman–Crippen MR) is 72.9 cm³/mol. The second kappa shape index (κ2) is 5.74. The van der Waals surface area contributed by atoms with Gasteiger partial charge in [-0.25, -0.2) is 0 Å². The van der Waals surface area contributed by atoms with Gasteiger partial charge in [-0.15, -0.1) is 0 Å². The Morgan fingerprint density at radius 2 is 2.12 bits per heavy atom. The maximum atomic E-state index is 6.16. The van der Waals surface area contributed by atoms with E-state index in [0.29, 0.717) is 5.54 Å². The van der Waals surface area contributed by atoms with Gasteiger partial charge >= 0.3 is 0 Å². The van der Waals surface area contributed by atoms with E-state index in [-0.39, 0.29) is 0 Å². The lowest BCUT2D eigenvalue weighted by atomic mass is 9.72. The van der Waals surface area contributed by atoms with Gasteiger partial charge < -0.3 is 5.73 Å². The zero-order valence-electron chi connectivity index (χ0n) is 10.6. The summed E-state index contributed by atoms with van der Waals surface area (Å²) in [5.74, 6) is 3.43. The third-order valence-corrected chi connectivity index (χ3v) is 5.67. The first-order chi connectivity index (χ1) is 7.79. The van der Waals surface area contributed by atoms with Gasteiger partial charge in [0.05, 0.1) is 0 Å². The smallest absolute Gasteiger partial charge is 0.0357 e. The van der Waals surface area contributed by atoms with Gasteiger partial charge in [0.1, 0.15) is 0 Å². The largest absolute Gasteiger partial charge is 0.329 e. The highest BCUT2D eigenvalue weighted by Gasteiger charge is 2.41. The van der Waals surface area contributed by atoms with Crippen LogP contribution in [0.4, 0.5) is 0 Å². The summed E-state index contributed by atoms with van der Waals surface area (Å²) in [6, 6.07) is 0. The fourth-order valence-electron chi connectivity index (χ4n) is 3.49. The van der Waals surface area contributed by atoms with E-state index in [1.54, 1.807) is 0 Å². The van der Waals surface area contributed by atoms with E-state index in [1.807, 2.05) is 0 Å². The molecule has 2 atom stereocenters. The molecule has 0 bridgehead atoms. The minimum Gasteiger partial charge on any atom is -0.329 e. The molecular formula is C13H26N2S. The second-order valence-corrected chi connectivity index (χ2v) is 6.63. The van der Waals surface area contributed by atoms with Gasteiger partial charge in [-0.3, -0.25) is 4.90 Å². The minimum atomic E-state index is 0.336. The molecule has 0 spiro atoms. The van der Waals surface area contributed by atoms with Crippen molar-refractivity contribution in [2.75, 3.05) is 31.1 Å². The summed E-state index contributed by atoms with van der Waals surface area (Å²) in [4.78, 5) is 2.73. The molecule has 0 radical (unpaired) electrons. The molecule has 0 aromatic rings. The molecule has 0 aromatic heterocycles. The zero-order valence-corrected chi connectivity index (χ0v) is 11.4. The van der Waals surface area contributed by atoms with E-state index in [0.717, 1.165) is 12.5 Å². The van der Waals surface area contributed by atoms with Gasteiger partial charge in [0.2, 0.25) is 0 Å². The van der Waals surface area contributed by atoms with E-state index < -0.39 is 0 Å². The highest BCUT2D eigenvalue weighted by Crippen LogP contribution is 2.38. The first kappa shape index (κ1) is 12.7. The first-order valence-corrected chi connectivity index (χ1v) is 7.98. The molecule has 0 amide bonds. The number of rotatable bonds is 2. The van der Waals surface area contributed by atoms with Crippen molar-refractivity contribution in [3.8, 4) is 0 Å². The van der Waals surface area contributed by atoms with Crippen molar-refractivity contribution < 1.29 is 0 Å². The number of hydrogen-bond donors (Lipinski definition) is 1. The molecule has 1 saturated heterocycles. The fourth-order valence-corrected chi connectivity index (χ4v) is 4.38. The molecule has 94 valence electrons. The number of nitrogens with zero attached hydrogens (tertiary/aromatic N) is 1. The molecule has 2 aliphatic rings. The molecule has 3 heteroatoms. The van der Waals surface area contributed by atoms with Crippen molar-refractivity contribution in [2.45, 2.75) is 44.6 Å². The van der Waals surface area contributed by atoms with E-state index in [4.69, 9.17) is 5.73 Å². The summed E-state index contributed by atoms with van der Waals surface area (Å²) in [5, 5.41) is 0. The van der Waals surface area contributed by atoms with Crippen LogP contribution >= 0.6 is 11.8 Å². The summed E-state index contributed by atoms with van der Waals surface area (Å²) in [5.41, 5.74) is 6.50. The summed E-state index contributed by atoms with van der Waals surface area (Å²) in [7, 11) is 0. The Morgan fingerprint density at radius 3 is 2.88 bits per heavy atom. The highest BCUT2D eigenvalue weighted by atomic mass is 32.2. The summed E-state index contributed by atoms with van der Waals surface area (Å²) < 4.78 is 0. The van der Waals surface area contributed by atoms with Crippen molar-refractivity contribution in [1.29, 1.82) is 0 Å². The van der Waals surface area contributed by atoms with E-state index in [2.05, 4.69) is 23.6 Å². The Kier molecular flexibility index (Phi) is 4.57. The second-order valence-electron chi connectivity index (χ2n) is 5.41. The van der Waals surface area contributed by atoms with Gasteiger partial charge in [0, 0.05) is 24.4 Å². The Bertz CT molecular complexity index is 214. The third-order valence-electron chi connectivity index (χ3n) is 4.62. The SMILES string of the molecule is CC1CCCCC1(CN)N1CCCSCC1. The standard InChI is InChI=1S/C13H26N2S/c1-12-5-2-3-6-13(12,11-14)15-7-4-9-16-10-8-15/h12H,2-11,14H2,1H3. The average Bonchev–Trinajstić information content (AvgIpc) is 2.59. The Morgan fingerprint density at radius 1 is 1.25 bits per heavy atom. The lowest BCUT2D eigenvalue weighted by Crippen LogP contribution is -2.59. The highest BCUT2D eigenvalue weighted by molar-refractivity contribution is 7.99. The molecular weight excluding hydrogens is 216 g/mol. The molecule has 1 saturated carbocycles. The molecule has 2 rings (SSSR count). The summed E-state index contributed by atoms with van der Waals surface area (Å²) >= 11 is 2.11. The van der Waals surface area contributed by atoms with Crippen LogP contribution in [0.1, 0.15) is 39.0 Å². The van der Waals surface area contributed by atoms with Crippen molar-refractivity contribution in [1.82, 2.24) is 4.90 Å². The topological polar surface area (TPSA) is 29.3 Å². The molecule has 1 aliphatic heterocycles. The fraction of sp³-hybridized carbons (Fsp3) is 1.00. The van der Waals surface area contributed by atoms with Crippen LogP contribution in [0.5, 0.6) is 0 Å². The molecule has 2 fully saturated rings. The van der Waals surface area contributed by atoms with Crippen LogP contribution in [-0.2, 0) is 0 Å². The Balaban J connectivity index is 2.10. The molecule has 1 heterocycles. The predicted octanol–water partition coefficient (Wildman–Crippen LogP) is 2.33. The van der Waals surface area contributed by atoms with Crippen LogP contribution in [-0.4, -0.2) is 41.6 Å². The zero-order chi connectivity index (χ0) is 11.4. The van der Waals surface area contributed by atoms with Crippen molar-refractivity contribution in [3.63, 3.8) is 0 Å². The van der Waals surface area contributed by atoms with Gasteiger partial charge in [0.25, 0.3) is 0 Å². The van der Waals surface area contributed by atoms with Crippen molar-refractivity contribution in [2.24, 2.45) is 11.7 Å². The first-order valence-electron chi connectivity index (χ1n) is 6.82. The van der Waals surface area contributed by atoms with Gasteiger partial charge in [-0.1, -0.05) is 19.8 Å². The lowest BCUT2D eigenvalue weighted by molar-refractivity contribution is 0.0190. The quantitative estimate of drug-likeness (QED) is 0.806. The number of thioether (sulfide) groups is 1. The average molecular weight is 242 g/mol. The van der Waals surface area contributed by atoms with Crippen LogP contribution in [0, 0.1) is 5.92 Å². The van der Waals surface area contributed by atoms with Crippen molar-refractivity contribution >= 4 is 11.8 Å². The molecule has 2 N–H and O–H groups in total. The van der Waals surface area contributed by atoms with Crippen molar-refractivity contribution in [3.05, 3.63) is 0 Å². The Hall–Kier alpha value is 0.270. The number of nitrogens with two attached hydrogens (primary N) is 1. The van der Waals surface area contributed by atoms with Crippen LogP contribution in [0.15, 0.2) is 0 Å². The van der Waals surface area contributed by atoms with Crippen LogP contribution in [0.25, 0.3) is 0 Å². The van der Waals surface area contributed by atoms with Crippen LogP contribution < -0.4 is 5.73 Å². The van der Waals surface area contributed by atoms with E-state index in [9.17, 15) is 0 Å². The van der Waals surface area contributed by atoms with Gasteiger partial charge in [-0.05, 0) is 37.5 Å². The maximum Gasteiger partial charge on any atom is 0.0357 e. The third kappa shape index (κ3) is 2.41.